The number of ether oxygens (including phenoxy) is 2. The second-order valence-electron chi connectivity index (χ2n) is 14.5. The van der Waals surface area contributed by atoms with Gasteiger partial charge in [0, 0.05) is 28.3 Å². The zero-order chi connectivity index (χ0) is 33.5. The molecule has 2 aromatic carbocycles. The van der Waals surface area contributed by atoms with E-state index in [4.69, 9.17) is 9.47 Å². The number of allylic oxidation sites excluding steroid dienone is 2. The second kappa shape index (κ2) is 13.2. The van der Waals surface area contributed by atoms with Gasteiger partial charge in [-0.15, -0.1) is 5.10 Å². The molecule has 3 fully saturated rings. The van der Waals surface area contributed by atoms with Gasteiger partial charge in [-0.3, -0.25) is 14.4 Å². The van der Waals surface area contributed by atoms with E-state index in [0.717, 1.165) is 61.4 Å². The van der Waals surface area contributed by atoms with E-state index in [-0.39, 0.29) is 41.8 Å². The minimum absolute atomic E-state index is 0.0105. The monoisotopic (exact) mass is 711 g/mol. The van der Waals surface area contributed by atoms with Gasteiger partial charge in [-0.1, -0.05) is 64.8 Å². The largest absolute Gasteiger partial charge is 0.487 e. The van der Waals surface area contributed by atoms with Crippen molar-refractivity contribution in [2.24, 2.45) is 28.6 Å². The van der Waals surface area contributed by atoms with Crippen LogP contribution in [0.2, 0.25) is 0 Å². The maximum atomic E-state index is 12.9. The molecule has 0 bridgehead atoms. The number of aromatic nitrogens is 3. The van der Waals surface area contributed by atoms with Crippen LogP contribution in [0.15, 0.2) is 76.9 Å². The highest BCUT2D eigenvalue weighted by Gasteiger charge is 2.58. The van der Waals surface area contributed by atoms with Crippen molar-refractivity contribution in [3.63, 3.8) is 0 Å². The lowest BCUT2D eigenvalue weighted by Gasteiger charge is -2.56. The Bertz CT molecular complexity index is 1760. The first-order valence-corrected chi connectivity index (χ1v) is 17.9. The number of ketones is 2. The average molecular weight is 713 g/mol. The van der Waals surface area contributed by atoms with Crippen LogP contribution in [-0.2, 0) is 27.5 Å². The van der Waals surface area contributed by atoms with Crippen molar-refractivity contribution in [2.45, 2.75) is 84.5 Å². The summed E-state index contributed by atoms with van der Waals surface area (Å²) in [6, 6.07) is 14.7. The Labute approximate surface area is 290 Å². The van der Waals surface area contributed by atoms with Gasteiger partial charge in [0.05, 0.1) is 6.20 Å². The first-order valence-electron chi connectivity index (χ1n) is 17.1. The topological polar surface area (TPSA) is 100 Å². The highest BCUT2D eigenvalue weighted by Crippen LogP contribution is 2.64. The van der Waals surface area contributed by atoms with Gasteiger partial charge in [0.15, 0.2) is 5.78 Å². The average Bonchev–Trinajstić information content (AvgIpc) is 3.66. The molecule has 0 spiro atoms. The molecule has 1 aromatic heterocycles. The number of rotatable bonds is 9. The molecule has 6 atom stereocenters. The summed E-state index contributed by atoms with van der Waals surface area (Å²) in [6.07, 6.45) is 15.0. The summed E-state index contributed by atoms with van der Waals surface area (Å²) < 4.78 is 14.3. The van der Waals surface area contributed by atoms with Crippen LogP contribution in [-0.4, -0.2) is 38.6 Å². The van der Waals surface area contributed by atoms with Crippen molar-refractivity contribution in [2.75, 3.05) is 0 Å². The number of benzene rings is 2. The predicted molar refractivity (Wildman–Crippen MR) is 185 cm³/mol. The van der Waals surface area contributed by atoms with Crippen LogP contribution in [0.4, 0.5) is 0 Å². The van der Waals surface area contributed by atoms with Gasteiger partial charge in [0.2, 0.25) is 0 Å². The molecule has 48 heavy (non-hydrogen) atoms. The normalized spacial score (nSPS) is 29.5. The number of hydrogen-bond acceptors (Lipinski definition) is 7. The van der Waals surface area contributed by atoms with Gasteiger partial charge < -0.3 is 9.47 Å². The highest BCUT2D eigenvalue weighted by molar-refractivity contribution is 9.10. The summed E-state index contributed by atoms with van der Waals surface area (Å²) in [7, 11) is 0. The number of carbonyl (C=O) groups is 3. The molecule has 0 radical (unpaired) electrons. The van der Waals surface area contributed by atoms with Gasteiger partial charge >= 0.3 is 5.97 Å². The zero-order valence-electron chi connectivity index (χ0n) is 27.6. The number of fused-ring (bicyclic) bond motifs is 5. The fourth-order valence-electron chi connectivity index (χ4n) is 9.05. The van der Waals surface area contributed by atoms with Crippen LogP contribution in [0, 0.1) is 28.6 Å². The first kappa shape index (κ1) is 32.7. The van der Waals surface area contributed by atoms with Crippen molar-refractivity contribution in [3.8, 4) is 5.75 Å². The maximum Gasteiger partial charge on any atom is 0.328 e. The Morgan fingerprint density at radius 2 is 1.75 bits per heavy atom. The van der Waals surface area contributed by atoms with Crippen LogP contribution >= 0.6 is 15.9 Å². The summed E-state index contributed by atoms with van der Waals surface area (Å²) in [5.41, 5.74) is 3.55. The third-order valence-corrected chi connectivity index (χ3v) is 12.3. The van der Waals surface area contributed by atoms with Crippen molar-refractivity contribution < 1.29 is 23.9 Å². The lowest BCUT2D eigenvalue weighted by Crippen LogP contribution is -2.50. The fraction of sp³-hybridized carbons (Fsp3) is 0.462. The Balaban J connectivity index is 0.880. The molecule has 1 heterocycles. The molecule has 3 aromatic rings. The summed E-state index contributed by atoms with van der Waals surface area (Å²) >= 11 is 3.41. The van der Waals surface area contributed by atoms with Gasteiger partial charge in [-0.05, 0) is 110 Å². The third kappa shape index (κ3) is 6.46. The minimum Gasteiger partial charge on any atom is -0.487 e. The molecule has 8 nitrogen and oxygen atoms in total. The Kier molecular flexibility index (Phi) is 9.00. The molecule has 0 aliphatic heterocycles. The van der Waals surface area contributed by atoms with Crippen LogP contribution in [0.5, 0.6) is 5.75 Å². The number of Topliss-reactive ketones (excluding diaryl/α,β-unsaturated/α-hetero) is 1. The van der Waals surface area contributed by atoms with Gasteiger partial charge in [0.1, 0.15) is 36.5 Å². The van der Waals surface area contributed by atoms with E-state index in [9.17, 15) is 14.4 Å². The first-order chi connectivity index (χ1) is 23.1. The maximum absolute atomic E-state index is 12.9. The molecule has 4 aliphatic rings. The van der Waals surface area contributed by atoms with Gasteiger partial charge in [0.25, 0.3) is 0 Å². The number of halogens is 1. The molecule has 0 amide bonds. The summed E-state index contributed by atoms with van der Waals surface area (Å²) in [5, 5.41) is 8.26. The molecule has 4 aliphatic carbocycles. The smallest absolute Gasteiger partial charge is 0.328 e. The van der Waals surface area contributed by atoms with E-state index in [2.05, 4.69) is 46.2 Å². The van der Waals surface area contributed by atoms with Crippen molar-refractivity contribution >= 4 is 39.5 Å². The van der Waals surface area contributed by atoms with E-state index in [1.54, 1.807) is 42.6 Å². The van der Waals surface area contributed by atoms with Crippen LogP contribution in [0.25, 0.3) is 6.08 Å². The molecule has 9 heteroatoms. The lowest BCUT2D eigenvalue weighted by atomic mass is 9.48. The quantitative estimate of drug-likeness (QED) is 0.0961. The van der Waals surface area contributed by atoms with E-state index in [1.807, 2.05) is 24.3 Å². The summed E-state index contributed by atoms with van der Waals surface area (Å²) in [4.78, 5) is 38.2. The Morgan fingerprint density at radius 3 is 2.54 bits per heavy atom. The number of hydrogen-bond donors (Lipinski definition) is 0. The van der Waals surface area contributed by atoms with Crippen LogP contribution in [0.1, 0.15) is 86.8 Å². The molecular formula is C39H42BrN3O5. The summed E-state index contributed by atoms with van der Waals surface area (Å²) in [6.45, 7) is 4.81. The number of esters is 1. The van der Waals surface area contributed by atoms with Crippen molar-refractivity contribution in [1.29, 1.82) is 0 Å². The number of carbonyl (C=O) groups excluding carboxylic acids is 3. The van der Waals surface area contributed by atoms with Gasteiger partial charge in [-0.2, -0.15) is 0 Å². The fourth-order valence-corrected chi connectivity index (χ4v) is 9.32. The minimum atomic E-state index is -0.317. The Hall–Kier alpha value is -3.85. The third-order valence-electron chi connectivity index (χ3n) is 11.8. The lowest BCUT2D eigenvalue weighted by molar-refractivity contribution is -0.152. The molecular weight excluding hydrogens is 670 g/mol. The Morgan fingerprint density at radius 1 is 1.00 bits per heavy atom. The molecule has 7 rings (SSSR count). The molecule has 3 saturated carbocycles. The zero-order valence-corrected chi connectivity index (χ0v) is 29.2. The van der Waals surface area contributed by atoms with E-state index >= 15 is 0 Å². The van der Waals surface area contributed by atoms with Gasteiger partial charge in [-0.25, -0.2) is 4.68 Å². The molecule has 0 unspecified atom stereocenters. The van der Waals surface area contributed by atoms with Crippen LogP contribution in [0.3, 0.4) is 0 Å². The highest BCUT2D eigenvalue weighted by atomic mass is 79.9. The molecule has 0 N–H and O–H groups in total. The second-order valence-corrected chi connectivity index (χ2v) is 15.4. The van der Waals surface area contributed by atoms with Crippen LogP contribution < -0.4 is 4.74 Å². The van der Waals surface area contributed by atoms with Crippen molar-refractivity contribution in [1.82, 2.24) is 15.0 Å². The van der Waals surface area contributed by atoms with E-state index < -0.39 is 0 Å². The standard InChI is InChI=1S/C39H42BrN3O5/c1-38-19-17-31(21-27(38)8-13-32-33-14-16-36(45)39(33,2)20-18-34(32)38)48-37(46)23-43-22-29(41-42-43)24-47-30-11-6-26(7-12-30)35(44)15-5-25-3-9-28(40)10-4-25/h3-12,15,22,31-34H,13-14,16-21,23-24H2,1-2H3/b15-5+/t31-,32-,33-,34-,38-,39-/m0/s1. The summed E-state index contributed by atoms with van der Waals surface area (Å²) in [5.74, 6) is 2.39. The van der Waals surface area contributed by atoms with E-state index in [0.29, 0.717) is 40.5 Å². The van der Waals surface area contributed by atoms with Crippen molar-refractivity contribution in [3.05, 3.63) is 93.7 Å². The van der Waals surface area contributed by atoms with E-state index in [1.165, 1.54) is 10.3 Å². The molecule has 0 saturated heterocycles. The predicted octanol–water partition coefficient (Wildman–Crippen LogP) is 7.96. The molecule has 250 valence electrons. The number of nitrogens with zero attached hydrogens (tertiary/aromatic N) is 3. The SMILES string of the molecule is C[C@]12CC[C@H](OC(=O)Cn3cc(COc4ccc(C(=O)/C=C/c5ccc(Br)cc5)cc4)nn3)CC1=CC[C@@H]1[C@@H]2CC[C@]2(C)C(=O)CC[C@@H]12.